The number of benzene rings is 3. The number of quaternary nitrogens is 1. The van der Waals surface area contributed by atoms with Gasteiger partial charge in [-0.2, -0.15) is 0 Å². The van der Waals surface area contributed by atoms with Crippen molar-refractivity contribution in [2.75, 3.05) is 11.9 Å². The Hall–Kier alpha value is -3.37. The van der Waals surface area contributed by atoms with Gasteiger partial charge in [-0.25, -0.2) is 0 Å². The van der Waals surface area contributed by atoms with Gasteiger partial charge in [0, 0.05) is 22.8 Å². The Bertz CT molecular complexity index is 1130. The zero-order valence-corrected chi connectivity index (χ0v) is 17.4. The van der Waals surface area contributed by atoms with Gasteiger partial charge >= 0.3 is 0 Å². The first kappa shape index (κ1) is 19.9. The van der Waals surface area contributed by atoms with Crippen LogP contribution in [0, 0.1) is 6.92 Å². The van der Waals surface area contributed by atoms with Crippen molar-refractivity contribution in [1.82, 2.24) is 4.98 Å². The van der Waals surface area contributed by atoms with Gasteiger partial charge in [0.2, 0.25) is 0 Å². The van der Waals surface area contributed by atoms with Crippen LogP contribution in [-0.4, -0.2) is 23.5 Å². The smallest absolute Gasteiger partial charge is 0.282 e. The van der Waals surface area contributed by atoms with E-state index in [0.717, 1.165) is 23.3 Å². The fraction of sp³-hybridized carbons (Fsp3) is 0.192. The van der Waals surface area contributed by atoms with E-state index in [2.05, 4.69) is 64.3 Å². The monoisotopic (exact) mass is 398 g/mol. The van der Waals surface area contributed by atoms with Crippen molar-refractivity contribution in [3.8, 4) is 0 Å². The molecule has 0 spiro atoms. The molecule has 0 aliphatic carbocycles. The predicted molar refractivity (Wildman–Crippen MR) is 123 cm³/mol. The molecule has 152 valence electrons. The summed E-state index contributed by atoms with van der Waals surface area (Å²) >= 11 is 0. The number of nitrogens with two attached hydrogens (primary N) is 1. The third-order valence-electron chi connectivity index (χ3n) is 5.62. The molecule has 1 heterocycles. The summed E-state index contributed by atoms with van der Waals surface area (Å²) in [6, 6.07) is 26.6. The summed E-state index contributed by atoms with van der Waals surface area (Å²) in [7, 11) is 0. The number of aromatic nitrogens is 1. The lowest BCUT2D eigenvalue weighted by molar-refractivity contribution is -0.674. The van der Waals surface area contributed by atoms with E-state index in [1.807, 2.05) is 50.2 Å². The van der Waals surface area contributed by atoms with Gasteiger partial charge in [0.05, 0.1) is 12.5 Å². The zero-order chi connectivity index (χ0) is 20.9. The molecule has 1 aromatic heterocycles. The fourth-order valence-corrected chi connectivity index (χ4v) is 3.94. The normalized spacial score (nSPS) is 13.1. The number of carbonyl (C=O) groups is 1. The largest absolute Gasteiger partial charge is 0.361 e. The summed E-state index contributed by atoms with van der Waals surface area (Å²) in [6.45, 7) is 4.77. The van der Waals surface area contributed by atoms with Crippen LogP contribution >= 0.6 is 0 Å². The number of fused-ring (bicyclic) bond motifs is 1. The quantitative estimate of drug-likeness (QED) is 0.429. The molecular weight excluding hydrogens is 370 g/mol. The summed E-state index contributed by atoms with van der Waals surface area (Å²) < 4.78 is 0. The number of amides is 1. The second-order valence-electron chi connectivity index (χ2n) is 7.87. The number of carbonyl (C=O) groups excluding carboxylic acids is 1. The molecule has 2 atom stereocenters. The highest BCUT2D eigenvalue weighted by Gasteiger charge is 2.23. The molecule has 1 amide bonds. The molecule has 0 saturated heterocycles. The number of para-hydroxylation sites is 1. The van der Waals surface area contributed by atoms with E-state index in [4.69, 9.17) is 0 Å². The SMILES string of the molecule is Cc1cccc(NC(=O)[C@H](C)[NH2+]C[C@H](c2ccccc2)c2c[nH]c3ccccc23)c1. The summed E-state index contributed by atoms with van der Waals surface area (Å²) in [6.07, 6.45) is 2.10. The van der Waals surface area contributed by atoms with Crippen LogP contribution in [0.2, 0.25) is 0 Å². The summed E-state index contributed by atoms with van der Waals surface area (Å²) in [4.78, 5) is 16.1. The van der Waals surface area contributed by atoms with Crippen LogP contribution in [0.1, 0.15) is 29.5 Å². The Morgan fingerprint density at radius 2 is 1.77 bits per heavy atom. The van der Waals surface area contributed by atoms with Gasteiger partial charge in [0.1, 0.15) is 0 Å². The molecule has 4 N–H and O–H groups in total. The molecule has 0 fully saturated rings. The van der Waals surface area contributed by atoms with Crippen molar-refractivity contribution >= 4 is 22.5 Å². The Balaban J connectivity index is 1.52. The van der Waals surface area contributed by atoms with Gasteiger partial charge in [-0.05, 0) is 48.7 Å². The van der Waals surface area contributed by atoms with Crippen molar-refractivity contribution in [3.63, 3.8) is 0 Å². The van der Waals surface area contributed by atoms with E-state index in [-0.39, 0.29) is 17.9 Å². The summed E-state index contributed by atoms with van der Waals surface area (Å²) in [5, 5.41) is 6.40. The van der Waals surface area contributed by atoms with Gasteiger partial charge < -0.3 is 15.6 Å². The summed E-state index contributed by atoms with van der Waals surface area (Å²) in [5.74, 6) is 0.211. The van der Waals surface area contributed by atoms with Gasteiger partial charge in [-0.1, -0.05) is 60.7 Å². The summed E-state index contributed by atoms with van der Waals surface area (Å²) in [5.41, 5.74) is 5.63. The number of H-pyrrole nitrogens is 1. The molecule has 0 radical (unpaired) electrons. The molecule has 4 aromatic rings. The highest BCUT2D eigenvalue weighted by Crippen LogP contribution is 2.29. The lowest BCUT2D eigenvalue weighted by atomic mass is 9.90. The van der Waals surface area contributed by atoms with Crippen LogP contribution in [-0.2, 0) is 4.79 Å². The van der Waals surface area contributed by atoms with E-state index >= 15 is 0 Å². The maximum atomic E-state index is 12.7. The molecule has 0 bridgehead atoms. The van der Waals surface area contributed by atoms with E-state index in [1.165, 1.54) is 16.5 Å². The minimum Gasteiger partial charge on any atom is -0.361 e. The van der Waals surface area contributed by atoms with E-state index in [9.17, 15) is 4.79 Å². The number of anilines is 1. The Labute approximate surface area is 177 Å². The van der Waals surface area contributed by atoms with Crippen molar-refractivity contribution in [3.05, 3.63) is 102 Å². The maximum Gasteiger partial charge on any atom is 0.282 e. The third-order valence-corrected chi connectivity index (χ3v) is 5.62. The second kappa shape index (κ2) is 8.97. The zero-order valence-electron chi connectivity index (χ0n) is 17.4. The van der Waals surface area contributed by atoms with E-state index < -0.39 is 0 Å². The van der Waals surface area contributed by atoms with Crippen molar-refractivity contribution in [2.45, 2.75) is 25.8 Å². The minimum absolute atomic E-state index is 0.0198. The molecule has 4 rings (SSSR count). The maximum absolute atomic E-state index is 12.7. The van der Waals surface area contributed by atoms with Crippen molar-refractivity contribution in [2.24, 2.45) is 0 Å². The molecule has 0 aliphatic heterocycles. The van der Waals surface area contributed by atoms with E-state index in [1.54, 1.807) is 0 Å². The average Bonchev–Trinajstić information content (AvgIpc) is 3.18. The molecule has 0 aliphatic rings. The lowest BCUT2D eigenvalue weighted by Gasteiger charge is -2.19. The topological polar surface area (TPSA) is 61.5 Å². The molecule has 4 heteroatoms. The highest BCUT2D eigenvalue weighted by molar-refractivity contribution is 5.93. The number of aryl methyl sites for hydroxylation is 1. The van der Waals surface area contributed by atoms with Crippen molar-refractivity contribution in [1.29, 1.82) is 0 Å². The van der Waals surface area contributed by atoms with Crippen LogP contribution in [0.3, 0.4) is 0 Å². The van der Waals surface area contributed by atoms with Crippen LogP contribution in [0.15, 0.2) is 85.1 Å². The van der Waals surface area contributed by atoms with E-state index in [0.29, 0.717) is 0 Å². The van der Waals surface area contributed by atoms with Crippen LogP contribution in [0.25, 0.3) is 10.9 Å². The predicted octanol–water partition coefficient (Wildman–Crippen LogP) is 4.20. The number of nitrogens with one attached hydrogen (secondary N) is 2. The fourth-order valence-electron chi connectivity index (χ4n) is 3.94. The molecule has 0 saturated carbocycles. The Kier molecular flexibility index (Phi) is 5.96. The molecule has 4 nitrogen and oxygen atoms in total. The minimum atomic E-state index is -0.193. The number of hydrogen-bond acceptors (Lipinski definition) is 1. The first-order valence-electron chi connectivity index (χ1n) is 10.4. The van der Waals surface area contributed by atoms with Crippen molar-refractivity contribution < 1.29 is 10.1 Å². The van der Waals surface area contributed by atoms with Crippen LogP contribution < -0.4 is 10.6 Å². The standard InChI is InChI=1S/C26H27N3O/c1-18-9-8-12-21(15-18)29-26(30)19(2)27-16-23(20-10-4-3-5-11-20)24-17-28-25-14-7-6-13-22(24)25/h3-15,17,19,23,27-28H,16H2,1-2H3,(H,29,30)/p+1/t19-,23+/m0/s1. The molecule has 3 aromatic carbocycles. The van der Waals surface area contributed by atoms with Crippen LogP contribution in [0.4, 0.5) is 5.69 Å². The highest BCUT2D eigenvalue weighted by atomic mass is 16.2. The van der Waals surface area contributed by atoms with Gasteiger partial charge in [0.25, 0.3) is 5.91 Å². The first-order valence-corrected chi connectivity index (χ1v) is 10.4. The lowest BCUT2D eigenvalue weighted by Crippen LogP contribution is -2.92. The second-order valence-corrected chi connectivity index (χ2v) is 7.87. The number of aromatic amines is 1. The van der Waals surface area contributed by atoms with Gasteiger partial charge in [-0.15, -0.1) is 0 Å². The van der Waals surface area contributed by atoms with Gasteiger partial charge in [0.15, 0.2) is 6.04 Å². The van der Waals surface area contributed by atoms with Gasteiger partial charge in [-0.3, -0.25) is 4.79 Å². The van der Waals surface area contributed by atoms with Crippen LogP contribution in [0.5, 0.6) is 0 Å². The molecule has 30 heavy (non-hydrogen) atoms. The first-order chi connectivity index (χ1) is 14.6. The molecular formula is C26H28N3O+. The average molecular weight is 399 g/mol. The number of hydrogen-bond donors (Lipinski definition) is 3. The molecule has 0 unspecified atom stereocenters. The number of rotatable bonds is 7. The third kappa shape index (κ3) is 4.44. The Morgan fingerprint density at radius 3 is 2.57 bits per heavy atom. The Morgan fingerprint density at radius 1 is 1.00 bits per heavy atom.